The molecule has 0 saturated heterocycles. The number of carbonyl (C=O) groups is 1. The third-order valence-electron chi connectivity index (χ3n) is 3.21. The smallest absolute Gasteiger partial charge is 0.230 e. The normalized spacial score (nSPS) is 13.1. The minimum Gasteiger partial charge on any atom is -0.353 e. The maximum Gasteiger partial charge on any atom is 0.230 e. The second-order valence-electron chi connectivity index (χ2n) is 5.20. The van der Waals surface area contributed by atoms with Crippen molar-refractivity contribution >= 4 is 17.5 Å². The number of hydrogen-bond acceptors (Lipinski definition) is 1. The zero-order valence-corrected chi connectivity index (χ0v) is 12.1. The Morgan fingerprint density at radius 2 is 1.94 bits per heavy atom. The van der Waals surface area contributed by atoms with Gasteiger partial charge in [0.1, 0.15) is 0 Å². The van der Waals surface area contributed by atoms with Gasteiger partial charge in [-0.2, -0.15) is 0 Å². The van der Waals surface area contributed by atoms with Crippen LogP contribution >= 0.6 is 11.6 Å². The summed E-state index contributed by atoms with van der Waals surface area (Å²) in [6.45, 7) is 5.92. The van der Waals surface area contributed by atoms with Gasteiger partial charge >= 0.3 is 0 Å². The van der Waals surface area contributed by atoms with Crippen molar-refractivity contribution in [2.24, 2.45) is 0 Å². The minimum atomic E-state index is -0.503. The van der Waals surface area contributed by atoms with Crippen LogP contribution in [0, 0.1) is 0 Å². The average molecular weight is 268 g/mol. The van der Waals surface area contributed by atoms with Crippen molar-refractivity contribution < 1.29 is 4.79 Å². The molecule has 0 radical (unpaired) electrons. The van der Waals surface area contributed by atoms with Crippen LogP contribution in [0.4, 0.5) is 0 Å². The van der Waals surface area contributed by atoms with Crippen LogP contribution in [0.25, 0.3) is 0 Å². The van der Waals surface area contributed by atoms with E-state index in [9.17, 15) is 4.79 Å². The first kappa shape index (κ1) is 15.0. The van der Waals surface area contributed by atoms with Gasteiger partial charge in [-0.25, -0.2) is 0 Å². The molecule has 1 amide bonds. The van der Waals surface area contributed by atoms with Crippen LogP contribution in [0.2, 0.25) is 0 Å². The summed E-state index contributed by atoms with van der Waals surface area (Å²) in [7, 11) is 0. The molecule has 0 aliphatic carbocycles. The summed E-state index contributed by atoms with van der Waals surface area (Å²) < 4.78 is 0. The molecule has 0 aromatic heterocycles. The number of alkyl halides is 1. The third-order valence-corrected chi connectivity index (χ3v) is 3.48. The van der Waals surface area contributed by atoms with Crippen molar-refractivity contribution in [1.82, 2.24) is 5.32 Å². The minimum absolute atomic E-state index is 0.0655. The third kappa shape index (κ3) is 4.02. The fraction of sp³-hybridized carbons (Fsp3) is 0.533. The van der Waals surface area contributed by atoms with Crippen molar-refractivity contribution in [3.63, 3.8) is 0 Å². The SMILES string of the molecule is CC(CCCCl)NC(=O)C(C)(C)c1ccccc1. The maximum absolute atomic E-state index is 12.3. The van der Waals surface area contributed by atoms with E-state index in [2.05, 4.69) is 5.32 Å². The first-order valence-electron chi connectivity index (χ1n) is 6.41. The molecule has 0 spiro atoms. The molecular weight excluding hydrogens is 246 g/mol. The van der Waals surface area contributed by atoms with E-state index in [0.29, 0.717) is 5.88 Å². The predicted octanol–water partition coefficient (Wildman–Crippen LogP) is 3.49. The second-order valence-corrected chi connectivity index (χ2v) is 5.57. The van der Waals surface area contributed by atoms with Gasteiger partial charge in [-0.1, -0.05) is 30.3 Å². The van der Waals surface area contributed by atoms with E-state index in [4.69, 9.17) is 11.6 Å². The standard InChI is InChI=1S/C15H22ClNO/c1-12(8-7-11-16)17-14(18)15(2,3)13-9-5-4-6-10-13/h4-6,9-10,12H,7-8,11H2,1-3H3,(H,17,18). The molecule has 1 aromatic carbocycles. The van der Waals surface area contributed by atoms with Crippen molar-refractivity contribution in [2.75, 3.05) is 5.88 Å². The fourth-order valence-corrected chi connectivity index (χ4v) is 2.00. The van der Waals surface area contributed by atoms with Gasteiger partial charge < -0.3 is 5.32 Å². The molecule has 0 saturated carbocycles. The highest BCUT2D eigenvalue weighted by Gasteiger charge is 2.30. The Morgan fingerprint density at radius 3 is 2.50 bits per heavy atom. The highest BCUT2D eigenvalue weighted by Crippen LogP contribution is 2.23. The van der Waals surface area contributed by atoms with Gasteiger partial charge in [0.15, 0.2) is 0 Å². The Balaban J connectivity index is 2.65. The summed E-state index contributed by atoms with van der Waals surface area (Å²) in [5.74, 6) is 0.707. The largest absolute Gasteiger partial charge is 0.353 e. The van der Waals surface area contributed by atoms with E-state index in [-0.39, 0.29) is 11.9 Å². The number of nitrogens with one attached hydrogen (secondary N) is 1. The van der Waals surface area contributed by atoms with Crippen molar-refractivity contribution in [2.45, 2.75) is 45.1 Å². The number of benzene rings is 1. The quantitative estimate of drug-likeness (QED) is 0.786. The number of carbonyl (C=O) groups excluding carboxylic acids is 1. The van der Waals surface area contributed by atoms with Gasteiger partial charge in [0.05, 0.1) is 5.41 Å². The van der Waals surface area contributed by atoms with E-state index in [0.717, 1.165) is 18.4 Å². The van der Waals surface area contributed by atoms with Gasteiger partial charge in [-0.15, -0.1) is 11.6 Å². The van der Waals surface area contributed by atoms with E-state index >= 15 is 0 Å². The zero-order chi connectivity index (χ0) is 13.6. The number of rotatable bonds is 6. The molecule has 0 heterocycles. The highest BCUT2D eigenvalue weighted by molar-refractivity contribution is 6.17. The van der Waals surface area contributed by atoms with Crippen molar-refractivity contribution in [3.05, 3.63) is 35.9 Å². The second kappa shape index (κ2) is 6.79. The molecule has 2 nitrogen and oxygen atoms in total. The molecule has 100 valence electrons. The molecule has 18 heavy (non-hydrogen) atoms. The summed E-state index contributed by atoms with van der Waals surface area (Å²) in [6, 6.07) is 10.0. The van der Waals surface area contributed by atoms with E-state index < -0.39 is 5.41 Å². The number of amides is 1. The Labute approximate surface area is 115 Å². The van der Waals surface area contributed by atoms with Gasteiger partial charge in [-0.05, 0) is 39.2 Å². The van der Waals surface area contributed by atoms with Crippen LogP contribution in [-0.4, -0.2) is 17.8 Å². The lowest BCUT2D eigenvalue weighted by atomic mass is 9.83. The summed E-state index contributed by atoms with van der Waals surface area (Å²) in [4.78, 5) is 12.3. The zero-order valence-electron chi connectivity index (χ0n) is 11.4. The Bertz CT molecular complexity index is 375. The van der Waals surface area contributed by atoms with Crippen LogP contribution in [0.3, 0.4) is 0 Å². The molecule has 1 aromatic rings. The molecule has 0 fully saturated rings. The molecule has 3 heteroatoms. The molecule has 1 unspecified atom stereocenters. The van der Waals surface area contributed by atoms with Crippen LogP contribution in [-0.2, 0) is 10.2 Å². The highest BCUT2D eigenvalue weighted by atomic mass is 35.5. The lowest BCUT2D eigenvalue weighted by Gasteiger charge is -2.26. The Morgan fingerprint density at radius 1 is 1.33 bits per heavy atom. The monoisotopic (exact) mass is 267 g/mol. The summed E-state index contributed by atoms with van der Waals surface area (Å²) >= 11 is 5.66. The summed E-state index contributed by atoms with van der Waals surface area (Å²) in [6.07, 6.45) is 1.84. The summed E-state index contributed by atoms with van der Waals surface area (Å²) in [5, 5.41) is 3.06. The number of hydrogen-bond donors (Lipinski definition) is 1. The molecule has 1 atom stereocenters. The molecular formula is C15H22ClNO. The van der Waals surface area contributed by atoms with E-state index in [1.807, 2.05) is 51.1 Å². The molecule has 1 N–H and O–H groups in total. The lowest BCUT2D eigenvalue weighted by Crippen LogP contribution is -2.44. The first-order valence-corrected chi connectivity index (χ1v) is 6.94. The maximum atomic E-state index is 12.3. The van der Waals surface area contributed by atoms with Crippen LogP contribution < -0.4 is 5.32 Å². The Hall–Kier alpha value is -1.02. The number of halogens is 1. The van der Waals surface area contributed by atoms with Gasteiger partial charge in [-0.3, -0.25) is 4.79 Å². The topological polar surface area (TPSA) is 29.1 Å². The molecule has 0 aliphatic heterocycles. The van der Waals surface area contributed by atoms with Gasteiger partial charge in [0.2, 0.25) is 5.91 Å². The van der Waals surface area contributed by atoms with Crippen molar-refractivity contribution in [3.8, 4) is 0 Å². The van der Waals surface area contributed by atoms with E-state index in [1.165, 1.54) is 0 Å². The van der Waals surface area contributed by atoms with Crippen LogP contribution in [0.5, 0.6) is 0 Å². The molecule has 0 aliphatic rings. The van der Waals surface area contributed by atoms with Gasteiger partial charge in [0.25, 0.3) is 0 Å². The first-order chi connectivity index (χ1) is 8.48. The molecule has 1 rings (SSSR count). The van der Waals surface area contributed by atoms with Crippen LogP contribution in [0.15, 0.2) is 30.3 Å². The van der Waals surface area contributed by atoms with E-state index in [1.54, 1.807) is 0 Å². The van der Waals surface area contributed by atoms with Crippen LogP contribution in [0.1, 0.15) is 39.2 Å². The van der Waals surface area contributed by atoms with Crippen molar-refractivity contribution in [1.29, 1.82) is 0 Å². The predicted molar refractivity (Wildman–Crippen MR) is 77.0 cm³/mol. The fourth-order valence-electron chi connectivity index (χ4n) is 1.85. The Kier molecular flexibility index (Phi) is 5.67. The lowest BCUT2D eigenvalue weighted by molar-refractivity contribution is -0.126. The average Bonchev–Trinajstić information content (AvgIpc) is 2.37. The molecule has 0 bridgehead atoms. The summed E-state index contributed by atoms with van der Waals surface area (Å²) in [5.41, 5.74) is 0.531. The van der Waals surface area contributed by atoms with Gasteiger partial charge in [0, 0.05) is 11.9 Å².